The molecule has 2 saturated carbocycles. The van der Waals surface area contributed by atoms with Crippen molar-refractivity contribution in [3.63, 3.8) is 0 Å². The van der Waals surface area contributed by atoms with Crippen LogP contribution < -0.4 is 5.32 Å². The second kappa shape index (κ2) is 5.58. The first-order valence-electron chi connectivity index (χ1n) is 5.68. The zero-order valence-corrected chi connectivity index (χ0v) is 10.3. The highest BCUT2D eigenvalue weighted by atomic mass is 35.5. The Labute approximate surface area is 98.4 Å². The van der Waals surface area contributed by atoms with Gasteiger partial charge in [0.2, 0.25) is 0 Å². The summed E-state index contributed by atoms with van der Waals surface area (Å²) in [6.07, 6.45) is 10.9. The number of alkyl halides is 1. The third-order valence-electron chi connectivity index (χ3n) is 3.68. The van der Waals surface area contributed by atoms with Crippen LogP contribution >= 0.6 is 24.0 Å². The number of nitrogens with one attached hydrogen (secondary N) is 1. The van der Waals surface area contributed by atoms with Crippen LogP contribution in [0.25, 0.3) is 0 Å². The third kappa shape index (κ3) is 2.77. The molecule has 2 aliphatic carbocycles. The topological polar surface area (TPSA) is 12.0 Å². The molecular formula is C11H21Cl2N. The van der Waals surface area contributed by atoms with E-state index in [0.29, 0.717) is 5.54 Å². The number of halogens is 2. The molecule has 14 heavy (non-hydrogen) atoms. The predicted molar refractivity (Wildman–Crippen MR) is 64.6 cm³/mol. The van der Waals surface area contributed by atoms with Gasteiger partial charge in [-0.05, 0) is 25.7 Å². The summed E-state index contributed by atoms with van der Waals surface area (Å²) in [7, 11) is 0. The van der Waals surface area contributed by atoms with E-state index in [-0.39, 0.29) is 12.4 Å². The summed E-state index contributed by atoms with van der Waals surface area (Å²) in [5, 5.41) is 3.81. The molecule has 0 aromatic rings. The van der Waals surface area contributed by atoms with Gasteiger partial charge in [-0.15, -0.1) is 24.0 Å². The molecule has 2 rings (SSSR count). The lowest BCUT2D eigenvalue weighted by Crippen LogP contribution is -2.49. The van der Waals surface area contributed by atoms with Crippen LogP contribution in [-0.4, -0.2) is 17.5 Å². The molecule has 0 saturated heterocycles. The van der Waals surface area contributed by atoms with Crippen molar-refractivity contribution in [3.05, 3.63) is 0 Å². The number of hydrogen-bond acceptors (Lipinski definition) is 1. The van der Waals surface area contributed by atoms with E-state index in [4.69, 9.17) is 11.6 Å². The van der Waals surface area contributed by atoms with E-state index in [1.54, 1.807) is 0 Å². The first kappa shape index (κ1) is 12.6. The van der Waals surface area contributed by atoms with E-state index in [0.717, 1.165) is 11.9 Å². The summed E-state index contributed by atoms with van der Waals surface area (Å²) in [4.78, 5) is 0. The van der Waals surface area contributed by atoms with Crippen LogP contribution in [0.15, 0.2) is 0 Å². The van der Waals surface area contributed by atoms with Crippen molar-refractivity contribution in [1.29, 1.82) is 0 Å². The van der Waals surface area contributed by atoms with Crippen LogP contribution in [0.4, 0.5) is 0 Å². The smallest absolute Gasteiger partial charge is 0.0406 e. The molecule has 0 atom stereocenters. The highest BCUT2D eigenvalue weighted by Gasteiger charge is 2.35. The lowest BCUT2D eigenvalue weighted by Gasteiger charge is -2.31. The molecular weight excluding hydrogens is 217 g/mol. The van der Waals surface area contributed by atoms with E-state index in [1.807, 2.05) is 0 Å². The van der Waals surface area contributed by atoms with Crippen LogP contribution in [0.5, 0.6) is 0 Å². The van der Waals surface area contributed by atoms with E-state index < -0.39 is 0 Å². The van der Waals surface area contributed by atoms with Crippen molar-refractivity contribution in [2.45, 2.75) is 62.9 Å². The summed E-state index contributed by atoms with van der Waals surface area (Å²) < 4.78 is 0. The van der Waals surface area contributed by atoms with Crippen molar-refractivity contribution in [3.8, 4) is 0 Å². The van der Waals surface area contributed by atoms with Gasteiger partial charge in [-0.3, -0.25) is 0 Å². The van der Waals surface area contributed by atoms with Crippen LogP contribution in [0, 0.1) is 0 Å². The zero-order valence-electron chi connectivity index (χ0n) is 8.73. The van der Waals surface area contributed by atoms with Crippen molar-refractivity contribution in [2.75, 3.05) is 5.88 Å². The van der Waals surface area contributed by atoms with Gasteiger partial charge in [0, 0.05) is 17.5 Å². The van der Waals surface area contributed by atoms with Gasteiger partial charge in [-0.25, -0.2) is 0 Å². The first-order chi connectivity index (χ1) is 6.35. The Morgan fingerprint density at radius 3 is 2.14 bits per heavy atom. The van der Waals surface area contributed by atoms with Gasteiger partial charge < -0.3 is 5.32 Å². The van der Waals surface area contributed by atoms with E-state index in [1.165, 1.54) is 51.4 Å². The number of hydrogen-bond donors (Lipinski definition) is 1. The molecule has 0 heterocycles. The van der Waals surface area contributed by atoms with Gasteiger partial charge >= 0.3 is 0 Å². The van der Waals surface area contributed by atoms with Crippen LogP contribution in [0.1, 0.15) is 51.4 Å². The molecule has 2 fully saturated rings. The molecule has 84 valence electrons. The SMILES string of the molecule is Cl.ClCC1(NC2CCCC2)CCCC1. The molecule has 0 aromatic carbocycles. The second-order valence-electron chi connectivity index (χ2n) is 4.75. The lowest BCUT2D eigenvalue weighted by atomic mass is 9.98. The summed E-state index contributed by atoms with van der Waals surface area (Å²) in [5.41, 5.74) is 0.316. The van der Waals surface area contributed by atoms with Crippen molar-refractivity contribution < 1.29 is 0 Å². The van der Waals surface area contributed by atoms with Crippen LogP contribution in [0.2, 0.25) is 0 Å². The standard InChI is InChI=1S/C11H20ClN.ClH/c12-9-11(7-3-4-8-11)13-10-5-1-2-6-10;/h10,13H,1-9H2;1H. The lowest BCUT2D eigenvalue weighted by molar-refractivity contribution is 0.320. The highest BCUT2D eigenvalue weighted by molar-refractivity contribution is 6.18. The van der Waals surface area contributed by atoms with Gasteiger partial charge in [0.1, 0.15) is 0 Å². The third-order valence-corrected chi connectivity index (χ3v) is 4.19. The molecule has 1 N–H and O–H groups in total. The highest BCUT2D eigenvalue weighted by Crippen LogP contribution is 2.33. The second-order valence-corrected chi connectivity index (χ2v) is 5.01. The molecule has 0 unspecified atom stereocenters. The fraction of sp³-hybridized carbons (Fsp3) is 1.00. The Balaban J connectivity index is 0.000000980. The molecule has 0 spiro atoms. The summed E-state index contributed by atoms with van der Waals surface area (Å²) in [6.45, 7) is 0. The molecule has 2 aliphatic rings. The molecule has 0 aliphatic heterocycles. The minimum Gasteiger partial charge on any atom is -0.307 e. The molecule has 1 nitrogen and oxygen atoms in total. The molecule has 0 radical (unpaired) electrons. The first-order valence-corrected chi connectivity index (χ1v) is 6.22. The van der Waals surface area contributed by atoms with Crippen LogP contribution in [-0.2, 0) is 0 Å². The molecule has 3 heteroatoms. The zero-order chi connectivity index (χ0) is 9.15. The van der Waals surface area contributed by atoms with Crippen molar-refractivity contribution >= 4 is 24.0 Å². The predicted octanol–water partition coefficient (Wildman–Crippen LogP) is 3.49. The average Bonchev–Trinajstić information content (AvgIpc) is 2.77. The van der Waals surface area contributed by atoms with Crippen molar-refractivity contribution in [1.82, 2.24) is 5.32 Å². The summed E-state index contributed by atoms with van der Waals surface area (Å²) >= 11 is 6.08. The van der Waals surface area contributed by atoms with E-state index >= 15 is 0 Å². The quantitative estimate of drug-likeness (QED) is 0.742. The number of rotatable bonds is 3. The minimum absolute atomic E-state index is 0. The Bertz CT molecular complexity index is 161. The van der Waals surface area contributed by atoms with Crippen LogP contribution in [0.3, 0.4) is 0 Å². The van der Waals surface area contributed by atoms with Gasteiger partial charge in [0.15, 0.2) is 0 Å². The monoisotopic (exact) mass is 237 g/mol. The van der Waals surface area contributed by atoms with Gasteiger partial charge in [-0.2, -0.15) is 0 Å². The maximum absolute atomic E-state index is 6.08. The van der Waals surface area contributed by atoms with Gasteiger partial charge in [-0.1, -0.05) is 25.7 Å². The normalized spacial score (nSPS) is 26.4. The minimum atomic E-state index is 0. The molecule has 0 aromatic heterocycles. The fourth-order valence-corrected chi connectivity index (χ4v) is 3.22. The molecule has 0 bridgehead atoms. The van der Waals surface area contributed by atoms with Crippen molar-refractivity contribution in [2.24, 2.45) is 0 Å². The maximum atomic E-state index is 6.08. The Kier molecular flexibility index (Phi) is 5.02. The fourth-order valence-electron chi connectivity index (χ4n) is 2.87. The Hall–Kier alpha value is 0.540. The summed E-state index contributed by atoms with van der Waals surface area (Å²) in [6, 6.07) is 0.775. The van der Waals surface area contributed by atoms with Gasteiger partial charge in [0.25, 0.3) is 0 Å². The van der Waals surface area contributed by atoms with E-state index in [9.17, 15) is 0 Å². The van der Waals surface area contributed by atoms with Gasteiger partial charge in [0.05, 0.1) is 0 Å². The largest absolute Gasteiger partial charge is 0.307 e. The average molecular weight is 238 g/mol. The van der Waals surface area contributed by atoms with E-state index in [2.05, 4.69) is 5.32 Å². The Morgan fingerprint density at radius 2 is 1.64 bits per heavy atom. The Morgan fingerprint density at radius 1 is 1.07 bits per heavy atom. The molecule has 0 amide bonds. The maximum Gasteiger partial charge on any atom is 0.0406 e. The summed E-state index contributed by atoms with van der Waals surface area (Å²) in [5.74, 6) is 0.809.